The van der Waals surface area contributed by atoms with Crippen LogP contribution >= 0.6 is 15.9 Å². The lowest BCUT2D eigenvalue weighted by Gasteiger charge is -2.31. The van der Waals surface area contributed by atoms with Gasteiger partial charge in [0, 0.05) is 28.1 Å². The fourth-order valence-corrected chi connectivity index (χ4v) is 3.90. The van der Waals surface area contributed by atoms with Crippen molar-refractivity contribution in [2.75, 3.05) is 5.32 Å². The van der Waals surface area contributed by atoms with E-state index in [4.69, 9.17) is 0 Å². The van der Waals surface area contributed by atoms with Gasteiger partial charge in [-0.15, -0.1) is 0 Å². The predicted molar refractivity (Wildman–Crippen MR) is 86.9 cm³/mol. The first kappa shape index (κ1) is 13.6. The van der Waals surface area contributed by atoms with Crippen LogP contribution in [0.5, 0.6) is 0 Å². The smallest absolute Gasteiger partial charge is 0.270 e. The van der Waals surface area contributed by atoms with Gasteiger partial charge in [0.25, 0.3) is 5.56 Å². The number of hydrogen-bond donors (Lipinski definition) is 3. The number of H-pyrrole nitrogens is 2. The van der Waals surface area contributed by atoms with E-state index in [1.807, 2.05) is 24.3 Å². The normalized spacial score (nSPS) is 20.4. The van der Waals surface area contributed by atoms with Crippen LogP contribution in [-0.4, -0.2) is 16.0 Å². The first-order valence-electron chi connectivity index (χ1n) is 7.25. The Morgan fingerprint density at radius 1 is 1.09 bits per heavy atom. The molecule has 0 spiro atoms. The van der Waals surface area contributed by atoms with Gasteiger partial charge in [-0.2, -0.15) is 0 Å². The topological polar surface area (TPSA) is 77.8 Å². The summed E-state index contributed by atoms with van der Waals surface area (Å²) in [5.41, 5.74) is 3.00. The number of carbonyl (C=O) groups is 1. The lowest BCUT2D eigenvalue weighted by atomic mass is 9.77. The van der Waals surface area contributed by atoms with Crippen molar-refractivity contribution in [1.82, 2.24) is 10.2 Å². The van der Waals surface area contributed by atoms with Crippen molar-refractivity contribution in [3.8, 4) is 0 Å². The van der Waals surface area contributed by atoms with E-state index in [-0.39, 0.29) is 17.3 Å². The molecular weight excluding hydrogens is 346 g/mol. The number of fused-ring (bicyclic) bond motifs is 1. The molecule has 6 heteroatoms. The highest BCUT2D eigenvalue weighted by atomic mass is 79.9. The van der Waals surface area contributed by atoms with Gasteiger partial charge in [-0.3, -0.25) is 19.8 Å². The van der Waals surface area contributed by atoms with Crippen molar-refractivity contribution < 1.29 is 4.79 Å². The molecule has 0 bridgehead atoms. The molecule has 5 nitrogen and oxygen atoms in total. The molecule has 0 amide bonds. The molecule has 0 fully saturated rings. The third-order valence-corrected chi connectivity index (χ3v) is 5.06. The Morgan fingerprint density at radius 2 is 1.91 bits per heavy atom. The first-order chi connectivity index (χ1) is 10.7. The third-order valence-electron chi connectivity index (χ3n) is 4.34. The third kappa shape index (κ3) is 1.90. The number of Topliss-reactive ketones (excluding diaryl/α,β-unsaturated/α-hetero) is 1. The molecule has 1 aliphatic heterocycles. The molecule has 2 heterocycles. The molecule has 1 atom stereocenters. The Kier molecular flexibility index (Phi) is 3.07. The predicted octanol–water partition coefficient (Wildman–Crippen LogP) is 3.03. The molecule has 22 heavy (non-hydrogen) atoms. The Hall–Kier alpha value is -2.08. The monoisotopic (exact) mass is 359 g/mol. The summed E-state index contributed by atoms with van der Waals surface area (Å²) in [5, 5.41) is 8.74. The number of aromatic nitrogens is 2. The van der Waals surface area contributed by atoms with E-state index in [0.29, 0.717) is 17.8 Å². The van der Waals surface area contributed by atoms with E-state index in [9.17, 15) is 9.59 Å². The summed E-state index contributed by atoms with van der Waals surface area (Å²) in [6.45, 7) is 0. The molecule has 1 unspecified atom stereocenters. The van der Waals surface area contributed by atoms with Gasteiger partial charge < -0.3 is 5.32 Å². The Morgan fingerprint density at radius 3 is 2.73 bits per heavy atom. The average Bonchev–Trinajstić information content (AvgIpc) is 2.88. The van der Waals surface area contributed by atoms with Gasteiger partial charge in [-0.05, 0) is 24.5 Å². The summed E-state index contributed by atoms with van der Waals surface area (Å²) < 4.78 is 0.902. The number of halogens is 1. The van der Waals surface area contributed by atoms with Crippen LogP contribution in [0.2, 0.25) is 0 Å². The molecule has 1 aromatic carbocycles. The lowest BCUT2D eigenvalue weighted by Crippen LogP contribution is -2.29. The quantitative estimate of drug-likeness (QED) is 0.732. The molecular formula is C16H14BrN3O2. The molecule has 1 aromatic heterocycles. The van der Waals surface area contributed by atoms with Crippen LogP contribution in [0.15, 0.2) is 44.8 Å². The number of allylic oxidation sites excluding steroid dienone is 2. The van der Waals surface area contributed by atoms with Crippen LogP contribution in [0.25, 0.3) is 0 Å². The Labute approximate surface area is 134 Å². The highest BCUT2D eigenvalue weighted by molar-refractivity contribution is 9.10. The number of rotatable bonds is 1. The zero-order chi connectivity index (χ0) is 15.3. The molecule has 2 aromatic rings. The largest absolute Gasteiger partial charge is 0.343 e. The number of anilines is 1. The standard InChI is InChI=1S/C16H14BrN3O2/c17-9-5-2-1-4-8(9)12-13-10(6-3-7-11(13)21)18-15-14(12)16(22)20-19-15/h1-2,4-5,12H,3,6-7H2,(H3,18,19,20,22). The Balaban J connectivity index is 2.01. The van der Waals surface area contributed by atoms with Crippen molar-refractivity contribution in [2.24, 2.45) is 0 Å². The minimum absolute atomic E-state index is 0.126. The minimum atomic E-state index is -0.329. The van der Waals surface area contributed by atoms with Crippen LogP contribution in [0.1, 0.15) is 36.3 Å². The van der Waals surface area contributed by atoms with Gasteiger partial charge in [0.05, 0.1) is 5.56 Å². The average molecular weight is 360 g/mol. The SMILES string of the molecule is O=C1CCCC2=C1C(c1ccccc1Br)c1c([nH][nH]c1=O)N2. The summed E-state index contributed by atoms with van der Waals surface area (Å²) in [7, 11) is 0. The van der Waals surface area contributed by atoms with Gasteiger partial charge >= 0.3 is 0 Å². The summed E-state index contributed by atoms with van der Waals surface area (Å²) >= 11 is 3.56. The van der Waals surface area contributed by atoms with E-state index in [1.54, 1.807) is 0 Å². The molecule has 1 aliphatic carbocycles. The molecule has 112 valence electrons. The fourth-order valence-electron chi connectivity index (χ4n) is 3.39. The molecule has 0 radical (unpaired) electrons. The Bertz CT molecular complexity index is 862. The van der Waals surface area contributed by atoms with Crippen molar-refractivity contribution >= 4 is 27.5 Å². The molecule has 2 aliphatic rings. The van der Waals surface area contributed by atoms with Gasteiger partial charge in [-0.1, -0.05) is 34.1 Å². The second kappa shape index (κ2) is 4.98. The van der Waals surface area contributed by atoms with Crippen molar-refractivity contribution in [1.29, 1.82) is 0 Å². The van der Waals surface area contributed by atoms with E-state index in [0.717, 1.165) is 34.1 Å². The summed E-state index contributed by atoms with van der Waals surface area (Å²) in [4.78, 5) is 24.8. The molecule has 0 saturated carbocycles. The van der Waals surface area contributed by atoms with Crippen LogP contribution in [0.3, 0.4) is 0 Å². The number of ketones is 1. The maximum absolute atomic E-state index is 12.5. The van der Waals surface area contributed by atoms with Crippen LogP contribution < -0.4 is 10.9 Å². The van der Waals surface area contributed by atoms with Crippen LogP contribution in [-0.2, 0) is 4.79 Å². The maximum atomic E-state index is 12.5. The number of nitrogens with one attached hydrogen (secondary N) is 3. The zero-order valence-corrected chi connectivity index (χ0v) is 13.3. The van der Waals surface area contributed by atoms with Crippen molar-refractivity contribution in [3.05, 3.63) is 61.5 Å². The van der Waals surface area contributed by atoms with Gasteiger partial charge in [0.1, 0.15) is 5.82 Å². The van der Waals surface area contributed by atoms with Crippen molar-refractivity contribution in [2.45, 2.75) is 25.2 Å². The minimum Gasteiger partial charge on any atom is -0.343 e. The molecule has 3 N–H and O–H groups in total. The van der Waals surface area contributed by atoms with Gasteiger partial charge in [-0.25, -0.2) is 0 Å². The summed E-state index contributed by atoms with van der Waals surface area (Å²) in [6.07, 6.45) is 2.21. The van der Waals surface area contributed by atoms with Crippen LogP contribution in [0.4, 0.5) is 5.82 Å². The highest BCUT2D eigenvalue weighted by Crippen LogP contribution is 2.44. The zero-order valence-electron chi connectivity index (χ0n) is 11.7. The number of carbonyl (C=O) groups excluding carboxylic acids is 1. The van der Waals surface area contributed by atoms with E-state index >= 15 is 0 Å². The summed E-state index contributed by atoms with van der Waals surface area (Å²) in [5.74, 6) is 0.463. The fraction of sp³-hybridized carbons (Fsp3) is 0.250. The first-order valence-corrected chi connectivity index (χ1v) is 8.04. The van der Waals surface area contributed by atoms with Crippen molar-refractivity contribution in [3.63, 3.8) is 0 Å². The molecule has 4 rings (SSSR count). The summed E-state index contributed by atoms with van der Waals surface area (Å²) in [6, 6.07) is 7.75. The van der Waals surface area contributed by atoms with E-state index < -0.39 is 0 Å². The van der Waals surface area contributed by atoms with Crippen LogP contribution in [0, 0.1) is 0 Å². The maximum Gasteiger partial charge on any atom is 0.270 e. The lowest BCUT2D eigenvalue weighted by molar-refractivity contribution is -0.116. The van der Waals surface area contributed by atoms with Gasteiger partial charge in [0.2, 0.25) is 0 Å². The van der Waals surface area contributed by atoms with E-state index in [1.165, 1.54) is 0 Å². The van der Waals surface area contributed by atoms with E-state index in [2.05, 4.69) is 31.4 Å². The number of hydrogen-bond acceptors (Lipinski definition) is 3. The molecule has 0 saturated heterocycles. The van der Waals surface area contributed by atoms with Gasteiger partial charge in [0.15, 0.2) is 5.78 Å². The number of aromatic amines is 2. The highest BCUT2D eigenvalue weighted by Gasteiger charge is 2.38. The second-order valence-electron chi connectivity index (χ2n) is 5.62. The number of benzene rings is 1. The second-order valence-corrected chi connectivity index (χ2v) is 6.47.